The number of carbonyl (C=O) groups excluding carboxylic acids is 1. The van der Waals surface area contributed by atoms with Crippen LogP contribution in [0.3, 0.4) is 0 Å². The quantitative estimate of drug-likeness (QED) is 0.795. The lowest BCUT2D eigenvalue weighted by atomic mass is 9.68. The van der Waals surface area contributed by atoms with Gasteiger partial charge in [-0.25, -0.2) is 0 Å². The standard InChI is InChI=1S/C20H23NO4S/c1-19(2)14-10-11-20(19,17(22)12-14)18(26(23,24)25)21-16-9-5-7-13-6-3-4-8-15(13)16/h3-9,14,18,21H,10-12H2,1-2H3,(H,23,24,25). The summed E-state index contributed by atoms with van der Waals surface area (Å²) in [6.07, 6.45) is 1.67. The maximum atomic E-state index is 12.9. The molecule has 0 aromatic heterocycles. The first-order valence-corrected chi connectivity index (χ1v) is 10.4. The van der Waals surface area contributed by atoms with Crippen molar-refractivity contribution in [2.24, 2.45) is 16.7 Å². The van der Waals surface area contributed by atoms with Crippen LogP contribution < -0.4 is 5.32 Å². The van der Waals surface area contributed by atoms with E-state index in [2.05, 4.69) is 5.32 Å². The Labute approximate surface area is 153 Å². The maximum Gasteiger partial charge on any atom is 0.287 e. The molecule has 0 heterocycles. The summed E-state index contributed by atoms with van der Waals surface area (Å²) in [5.41, 5.74) is -0.983. The average Bonchev–Trinajstić information content (AvgIpc) is 2.93. The molecule has 3 unspecified atom stereocenters. The monoisotopic (exact) mass is 373 g/mol. The lowest BCUT2D eigenvalue weighted by molar-refractivity contribution is -0.129. The van der Waals surface area contributed by atoms with Crippen LogP contribution >= 0.6 is 0 Å². The second-order valence-electron chi connectivity index (χ2n) is 8.12. The Kier molecular flexibility index (Phi) is 3.72. The van der Waals surface area contributed by atoms with Gasteiger partial charge >= 0.3 is 0 Å². The molecule has 2 bridgehead atoms. The molecule has 0 aliphatic heterocycles. The Morgan fingerprint density at radius 1 is 1.15 bits per heavy atom. The first-order chi connectivity index (χ1) is 12.2. The molecule has 0 radical (unpaired) electrons. The van der Waals surface area contributed by atoms with Crippen LogP contribution in [0.4, 0.5) is 5.69 Å². The minimum atomic E-state index is -4.49. The molecule has 0 saturated heterocycles. The number of Topliss-reactive ketones (excluding diaryl/α,β-unsaturated/α-hetero) is 1. The zero-order chi connectivity index (χ0) is 18.7. The van der Waals surface area contributed by atoms with E-state index in [1.54, 1.807) is 6.07 Å². The Morgan fingerprint density at radius 2 is 1.85 bits per heavy atom. The van der Waals surface area contributed by atoms with Crippen molar-refractivity contribution >= 4 is 32.4 Å². The van der Waals surface area contributed by atoms with Crippen LogP contribution in [0, 0.1) is 16.7 Å². The van der Waals surface area contributed by atoms with Gasteiger partial charge in [-0.1, -0.05) is 50.2 Å². The third kappa shape index (κ3) is 2.25. The number of hydrogen-bond acceptors (Lipinski definition) is 4. The SMILES string of the molecule is CC1(C)C2CCC1(C(Nc1cccc3ccccc13)S(=O)(=O)O)C(=O)C2. The highest BCUT2D eigenvalue weighted by Crippen LogP contribution is 2.66. The van der Waals surface area contributed by atoms with Gasteiger partial charge in [0.2, 0.25) is 0 Å². The van der Waals surface area contributed by atoms with Crippen molar-refractivity contribution in [1.29, 1.82) is 0 Å². The highest BCUT2D eigenvalue weighted by Gasteiger charge is 2.69. The predicted molar refractivity (Wildman–Crippen MR) is 101 cm³/mol. The molecule has 5 nitrogen and oxygen atoms in total. The van der Waals surface area contributed by atoms with Gasteiger partial charge in [0.15, 0.2) is 5.37 Å². The molecule has 2 aliphatic carbocycles. The van der Waals surface area contributed by atoms with E-state index in [0.717, 1.165) is 17.2 Å². The number of rotatable bonds is 4. The minimum Gasteiger partial charge on any atom is -0.366 e. The number of ketones is 1. The summed E-state index contributed by atoms with van der Waals surface area (Å²) in [5, 5.41) is 3.52. The summed E-state index contributed by atoms with van der Waals surface area (Å²) in [5.74, 6) is 0.0997. The minimum absolute atomic E-state index is 0.0610. The largest absolute Gasteiger partial charge is 0.366 e. The summed E-state index contributed by atoms with van der Waals surface area (Å²) in [6, 6.07) is 13.2. The first kappa shape index (κ1) is 17.5. The number of fused-ring (bicyclic) bond motifs is 3. The van der Waals surface area contributed by atoms with Crippen molar-refractivity contribution in [1.82, 2.24) is 0 Å². The van der Waals surface area contributed by atoms with Crippen LogP contribution in [0.15, 0.2) is 42.5 Å². The number of anilines is 1. The molecule has 3 atom stereocenters. The van der Waals surface area contributed by atoms with Crippen molar-refractivity contribution in [3.63, 3.8) is 0 Å². The van der Waals surface area contributed by atoms with Gasteiger partial charge in [0.25, 0.3) is 10.1 Å². The highest BCUT2D eigenvalue weighted by atomic mass is 32.2. The Bertz CT molecular complexity index is 993. The van der Waals surface area contributed by atoms with Gasteiger partial charge in [-0.2, -0.15) is 8.42 Å². The van der Waals surface area contributed by atoms with Crippen molar-refractivity contribution in [3.05, 3.63) is 42.5 Å². The van der Waals surface area contributed by atoms with Crippen molar-refractivity contribution in [3.8, 4) is 0 Å². The molecule has 4 rings (SSSR count). The molecule has 2 aromatic rings. The number of nitrogens with one attached hydrogen (secondary N) is 1. The average molecular weight is 373 g/mol. The zero-order valence-electron chi connectivity index (χ0n) is 14.9. The van der Waals surface area contributed by atoms with E-state index in [-0.39, 0.29) is 11.7 Å². The predicted octanol–water partition coefficient (Wildman–Crippen LogP) is 3.86. The van der Waals surface area contributed by atoms with Gasteiger partial charge < -0.3 is 5.32 Å². The Morgan fingerprint density at radius 3 is 2.46 bits per heavy atom. The number of hydrogen-bond donors (Lipinski definition) is 2. The molecule has 6 heteroatoms. The molecule has 2 fully saturated rings. The normalized spacial score (nSPS) is 28.4. The molecule has 26 heavy (non-hydrogen) atoms. The van der Waals surface area contributed by atoms with Crippen LogP contribution in [0.5, 0.6) is 0 Å². The molecule has 0 spiro atoms. The number of carbonyl (C=O) groups is 1. The summed E-state index contributed by atoms with van der Waals surface area (Å²) >= 11 is 0. The van der Waals surface area contributed by atoms with E-state index in [1.807, 2.05) is 50.2 Å². The summed E-state index contributed by atoms with van der Waals surface area (Å²) in [4.78, 5) is 12.9. The van der Waals surface area contributed by atoms with E-state index in [4.69, 9.17) is 0 Å². The molecule has 2 N–H and O–H groups in total. The first-order valence-electron chi connectivity index (χ1n) is 8.92. The molecular weight excluding hydrogens is 350 g/mol. The molecule has 2 aromatic carbocycles. The van der Waals surface area contributed by atoms with E-state index < -0.39 is 26.3 Å². The lowest BCUT2D eigenvalue weighted by Gasteiger charge is -2.41. The van der Waals surface area contributed by atoms with E-state index in [9.17, 15) is 17.8 Å². The fourth-order valence-corrected chi connectivity index (χ4v) is 6.61. The van der Waals surface area contributed by atoms with Crippen LogP contribution in [0.2, 0.25) is 0 Å². The maximum absolute atomic E-state index is 12.9. The van der Waals surface area contributed by atoms with Crippen molar-refractivity contribution in [2.45, 2.75) is 38.5 Å². The fourth-order valence-electron chi connectivity index (χ4n) is 5.27. The van der Waals surface area contributed by atoms with Gasteiger partial charge in [-0.3, -0.25) is 9.35 Å². The summed E-state index contributed by atoms with van der Waals surface area (Å²) in [7, 11) is -4.49. The van der Waals surface area contributed by atoms with E-state index >= 15 is 0 Å². The van der Waals surface area contributed by atoms with E-state index in [1.165, 1.54) is 0 Å². The summed E-state index contributed by atoms with van der Waals surface area (Å²) in [6.45, 7) is 3.91. The lowest BCUT2D eigenvalue weighted by Crippen LogP contribution is -2.53. The molecule has 0 amide bonds. The second-order valence-corrected chi connectivity index (χ2v) is 9.62. The number of benzene rings is 2. The van der Waals surface area contributed by atoms with Gasteiger partial charge in [0.1, 0.15) is 5.78 Å². The Hall–Kier alpha value is -1.92. The van der Waals surface area contributed by atoms with Gasteiger partial charge in [0, 0.05) is 17.5 Å². The third-order valence-electron chi connectivity index (χ3n) is 6.81. The van der Waals surface area contributed by atoms with Gasteiger partial charge in [0.05, 0.1) is 5.41 Å². The highest BCUT2D eigenvalue weighted by molar-refractivity contribution is 7.86. The topological polar surface area (TPSA) is 83.5 Å². The van der Waals surface area contributed by atoms with Gasteiger partial charge in [-0.15, -0.1) is 0 Å². The Balaban J connectivity index is 1.86. The van der Waals surface area contributed by atoms with Crippen LogP contribution in [-0.4, -0.2) is 24.1 Å². The third-order valence-corrected chi connectivity index (χ3v) is 7.92. The van der Waals surface area contributed by atoms with Crippen LogP contribution in [-0.2, 0) is 14.9 Å². The zero-order valence-corrected chi connectivity index (χ0v) is 15.7. The molecule has 138 valence electrons. The van der Waals surface area contributed by atoms with E-state index in [0.29, 0.717) is 18.5 Å². The molecular formula is C20H23NO4S. The second kappa shape index (κ2) is 5.54. The smallest absolute Gasteiger partial charge is 0.287 e. The molecule has 2 saturated carbocycles. The van der Waals surface area contributed by atoms with Gasteiger partial charge in [-0.05, 0) is 35.6 Å². The molecule has 2 aliphatic rings. The van der Waals surface area contributed by atoms with Crippen molar-refractivity contribution < 1.29 is 17.8 Å². The summed E-state index contributed by atoms with van der Waals surface area (Å²) < 4.78 is 34.9. The fraction of sp³-hybridized carbons (Fsp3) is 0.450. The van der Waals surface area contributed by atoms with Crippen LogP contribution in [0.1, 0.15) is 33.1 Å². The van der Waals surface area contributed by atoms with Crippen LogP contribution in [0.25, 0.3) is 10.8 Å². The van der Waals surface area contributed by atoms with Crippen molar-refractivity contribution in [2.75, 3.05) is 5.32 Å².